The summed E-state index contributed by atoms with van der Waals surface area (Å²) in [5.74, 6) is 0. The van der Waals surface area contributed by atoms with Crippen molar-refractivity contribution in [2.75, 3.05) is 4.90 Å². The lowest BCUT2D eigenvalue weighted by atomic mass is 9.87. The molecule has 0 spiro atoms. The molecular formula is C60H42N2OS. The van der Waals surface area contributed by atoms with Crippen molar-refractivity contribution in [2.45, 2.75) is 25.7 Å². The molecule has 0 amide bonds. The van der Waals surface area contributed by atoms with Crippen LogP contribution in [0.15, 0.2) is 216 Å². The summed E-state index contributed by atoms with van der Waals surface area (Å²) in [5.41, 5.74) is 16.8. The van der Waals surface area contributed by atoms with Crippen LogP contribution in [-0.2, 0) is 6.42 Å². The second-order valence-electron chi connectivity index (χ2n) is 17.1. The number of rotatable bonds is 8. The largest absolute Gasteiger partial charge is 0.456 e. The minimum atomic E-state index is 0.896. The van der Waals surface area contributed by atoms with Crippen LogP contribution in [0.3, 0.4) is 0 Å². The van der Waals surface area contributed by atoms with Crippen LogP contribution in [0.4, 0.5) is 5.69 Å². The van der Waals surface area contributed by atoms with E-state index in [-0.39, 0.29) is 0 Å². The molecule has 2 aliphatic carbocycles. The molecule has 7 aromatic carbocycles. The Bertz CT molecular complexity index is 3780. The van der Waals surface area contributed by atoms with E-state index < -0.39 is 0 Å². The molecule has 0 saturated carbocycles. The predicted molar refractivity (Wildman–Crippen MR) is 274 cm³/mol. The number of thiophene rings is 1. The second-order valence-corrected chi connectivity index (χ2v) is 18.3. The third-order valence-corrected chi connectivity index (χ3v) is 14.8. The highest BCUT2D eigenvalue weighted by Gasteiger charge is 2.23. The molecule has 0 atom stereocenters. The van der Waals surface area contributed by atoms with E-state index in [4.69, 9.17) is 4.42 Å². The fraction of sp³-hybridized carbons (Fsp3) is 0.0667. The molecular weight excluding hydrogens is 797 g/mol. The molecule has 0 unspecified atom stereocenters. The number of allylic oxidation sites excluding steroid dienone is 8. The van der Waals surface area contributed by atoms with E-state index in [2.05, 4.69) is 192 Å². The SMILES string of the molecule is C=C/C(=C\C=C\c1ccc2c(c1)oc1ccccc12)N(C1=CC=C(C2=Cc3c(sc4ccccc34)CC2)CC1)c1ccc(-c2cc3c4ccccc4n4c5ccccc5c(c2)c34)cc1. The lowest BCUT2D eigenvalue weighted by molar-refractivity contribution is 0.669. The molecule has 64 heavy (non-hydrogen) atoms. The van der Waals surface area contributed by atoms with Crippen LogP contribution in [0.5, 0.6) is 0 Å². The zero-order chi connectivity index (χ0) is 42.3. The van der Waals surface area contributed by atoms with Gasteiger partial charge in [-0.05, 0) is 149 Å². The standard InChI is InChI=1S/C60H42N2OS/c1-2-43(13-11-12-38-22-32-49-48-16-5-9-20-56(48)63-57(49)34-38)61(44-28-23-39(24-29-44)41-27-33-59-51(35-41)50-17-6-10-21-58(50)64-59)45-30-25-40(26-31-45)42-36-52-46-14-3-7-18-54(46)62-55-19-8-4-15-47(55)53(37-42)60(52)62/h2-23,25-26,28,30-32,34-37H,1,24,27,29,33H2/b12-11+,43-13+. The van der Waals surface area contributed by atoms with E-state index in [0.29, 0.717) is 0 Å². The van der Waals surface area contributed by atoms with Crippen molar-refractivity contribution < 1.29 is 4.42 Å². The van der Waals surface area contributed by atoms with Gasteiger partial charge in [-0.25, -0.2) is 0 Å². The average molecular weight is 839 g/mol. The first kappa shape index (κ1) is 36.9. The first-order valence-corrected chi connectivity index (χ1v) is 23.1. The van der Waals surface area contributed by atoms with Crippen molar-refractivity contribution >= 4 is 99.3 Å². The Morgan fingerprint density at radius 1 is 0.594 bits per heavy atom. The summed E-state index contributed by atoms with van der Waals surface area (Å²) in [6, 6.07) is 55.0. The van der Waals surface area contributed by atoms with E-state index in [0.717, 1.165) is 64.6 Å². The molecule has 0 bridgehead atoms. The molecule has 13 rings (SSSR count). The molecule has 3 nitrogen and oxygen atoms in total. The van der Waals surface area contributed by atoms with Gasteiger partial charge in [-0.2, -0.15) is 0 Å². The molecule has 0 N–H and O–H groups in total. The zero-order valence-corrected chi connectivity index (χ0v) is 36.0. The van der Waals surface area contributed by atoms with E-state index >= 15 is 0 Å². The maximum absolute atomic E-state index is 6.22. The Morgan fingerprint density at radius 3 is 2.03 bits per heavy atom. The van der Waals surface area contributed by atoms with Gasteiger partial charge < -0.3 is 13.7 Å². The minimum Gasteiger partial charge on any atom is -0.456 e. The predicted octanol–water partition coefficient (Wildman–Crippen LogP) is 16.8. The molecule has 0 fully saturated rings. The molecule has 0 saturated heterocycles. The number of anilines is 1. The van der Waals surface area contributed by atoms with Crippen LogP contribution >= 0.6 is 11.3 Å². The fourth-order valence-electron chi connectivity index (χ4n) is 10.5. The van der Waals surface area contributed by atoms with Gasteiger partial charge in [0.05, 0.1) is 16.6 Å². The lowest BCUT2D eigenvalue weighted by Gasteiger charge is -2.31. The monoisotopic (exact) mass is 838 g/mol. The summed E-state index contributed by atoms with van der Waals surface area (Å²) in [4.78, 5) is 3.91. The van der Waals surface area contributed by atoms with Gasteiger partial charge in [0.1, 0.15) is 11.2 Å². The quantitative estimate of drug-likeness (QED) is 0.142. The van der Waals surface area contributed by atoms with E-state index in [9.17, 15) is 0 Å². The fourth-order valence-corrected chi connectivity index (χ4v) is 11.7. The first-order chi connectivity index (χ1) is 31.7. The molecule has 4 aromatic heterocycles. The number of hydrogen-bond donors (Lipinski definition) is 0. The van der Waals surface area contributed by atoms with Gasteiger partial charge >= 0.3 is 0 Å². The third-order valence-electron chi connectivity index (χ3n) is 13.6. The Hall–Kier alpha value is -7.66. The van der Waals surface area contributed by atoms with Gasteiger partial charge in [0.25, 0.3) is 0 Å². The Morgan fingerprint density at radius 2 is 1.28 bits per heavy atom. The van der Waals surface area contributed by atoms with Gasteiger partial charge in [0.15, 0.2) is 0 Å². The summed E-state index contributed by atoms with van der Waals surface area (Å²) in [6.45, 7) is 4.37. The van der Waals surface area contributed by atoms with Crippen molar-refractivity contribution in [1.29, 1.82) is 0 Å². The molecule has 4 heterocycles. The highest BCUT2D eigenvalue weighted by molar-refractivity contribution is 7.19. The number of benzene rings is 7. The number of para-hydroxylation sites is 3. The van der Waals surface area contributed by atoms with Crippen LogP contribution in [0.25, 0.3) is 93.4 Å². The van der Waals surface area contributed by atoms with Crippen molar-refractivity contribution in [1.82, 2.24) is 4.40 Å². The number of nitrogens with zero attached hydrogens (tertiary/aromatic N) is 2. The van der Waals surface area contributed by atoms with Crippen LogP contribution < -0.4 is 4.90 Å². The zero-order valence-electron chi connectivity index (χ0n) is 35.2. The van der Waals surface area contributed by atoms with Crippen LogP contribution in [-0.4, -0.2) is 4.40 Å². The summed E-state index contributed by atoms with van der Waals surface area (Å²) in [5, 5.41) is 8.81. The summed E-state index contributed by atoms with van der Waals surface area (Å²) >= 11 is 1.95. The van der Waals surface area contributed by atoms with Gasteiger partial charge in [-0.1, -0.05) is 116 Å². The minimum absolute atomic E-state index is 0.896. The average Bonchev–Trinajstić information content (AvgIpc) is 4.10. The molecule has 11 aromatic rings. The van der Waals surface area contributed by atoms with Gasteiger partial charge in [0.2, 0.25) is 0 Å². The normalized spacial score (nSPS) is 14.7. The topological polar surface area (TPSA) is 20.8 Å². The molecule has 304 valence electrons. The van der Waals surface area contributed by atoms with Crippen molar-refractivity contribution in [3.05, 3.63) is 227 Å². The highest BCUT2D eigenvalue weighted by Crippen LogP contribution is 2.44. The smallest absolute Gasteiger partial charge is 0.136 e. The first-order valence-electron chi connectivity index (χ1n) is 22.3. The third kappa shape index (κ3) is 5.87. The van der Waals surface area contributed by atoms with E-state index in [1.54, 1.807) is 0 Å². The second kappa shape index (κ2) is 14.7. The summed E-state index contributed by atoms with van der Waals surface area (Å²) < 4.78 is 10.0. The van der Waals surface area contributed by atoms with Gasteiger partial charge in [-0.15, -0.1) is 11.3 Å². The maximum atomic E-state index is 6.22. The maximum Gasteiger partial charge on any atom is 0.136 e. The molecule has 2 aliphatic rings. The van der Waals surface area contributed by atoms with E-state index in [1.807, 2.05) is 29.5 Å². The van der Waals surface area contributed by atoms with Crippen LogP contribution in [0.2, 0.25) is 0 Å². The van der Waals surface area contributed by atoms with Gasteiger partial charge in [0, 0.05) is 59.0 Å². The number of furan rings is 1. The number of aromatic nitrogens is 1. The van der Waals surface area contributed by atoms with Crippen molar-refractivity contribution in [2.24, 2.45) is 0 Å². The molecule has 0 radical (unpaired) electrons. The van der Waals surface area contributed by atoms with Crippen molar-refractivity contribution in [3.63, 3.8) is 0 Å². The Kier molecular flexibility index (Phi) is 8.50. The molecule has 4 heteroatoms. The van der Waals surface area contributed by atoms with Gasteiger partial charge in [-0.3, -0.25) is 0 Å². The number of aryl methyl sites for hydroxylation is 1. The van der Waals surface area contributed by atoms with Crippen LogP contribution in [0.1, 0.15) is 35.3 Å². The lowest BCUT2D eigenvalue weighted by Crippen LogP contribution is -2.22. The highest BCUT2D eigenvalue weighted by atomic mass is 32.1. The Labute approximate surface area is 375 Å². The number of fused-ring (bicyclic) bond motifs is 12. The van der Waals surface area contributed by atoms with E-state index in [1.165, 1.54) is 86.6 Å². The summed E-state index contributed by atoms with van der Waals surface area (Å²) in [6.07, 6.45) is 19.7. The van der Waals surface area contributed by atoms with Crippen LogP contribution in [0, 0.1) is 0 Å². The number of hydrogen-bond acceptors (Lipinski definition) is 3. The summed E-state index contributed by atoms with van der Waals surface area (Å²) in [7, 11) is 0. The Balaban J connectivity index is 0.886. The molecule has 0 aliphatic heterocycles. The van der Waals surface area contributed by atoms with Crippen molar-refractivity contribution in [3.8, 4) is 11.1 Å².